The lowest BCUT2D eigenvalue weighted by atomic mass is 10.0. The average Bonchev–Trinajstić information content (AvgIpc) is 3.05. The van der Waals surface area contributed by atoms with E-state index in [1.54, 1.807) is 36.6 Å². The molecular formula is C21H23N7O2. The molecule has 0 radical (unpaired) electrons. The zero-order chi connectivity index (χ0) is 21.3. The van der Waals surface area contributed by atoms with Crippen LogP contribution in [0.5, 0.6) is 0 Å². The van der Waals surface area contributed by atoms with Crippen LogP contribution >= 0.6 is 0 Å². The maximum atomic E-state index is 12.3. The first-order valence-corrected chi connectivity index (χ1v) is 9.78. The molecule has 154 valence electrons. The number of likely N-dealkylation sites (tertiary alicyclic amines) is 1. The van der Waals surface area contributed by atoms with Gasteiger partial charge in [-0.15, -0.1) is 0 Å². The predicted octanol–water partition coefficient (Wildman–Crippen LogP) is 2.19. The zero-order valence-corrected chi connectivity index (χ0v) is 16.8. The minimum atomic E-state index is -0.514. The molecule has 30 heavy (non-hydrogen) atoms. The summed E-state index contributed by atoms with van der Waals surface area (Å²) in [4.78, 5) is 38.9. The number of anilines is 2. The molecule has 1 fully saturated rings. The molecule has 3 aromatic heterocycles. The summed E-state index contributed by atoms with van der Waals surface area (Å²) in [7, 11) is 1.72. The molecule has 1 aliphatic heterocycles. The molecule has 1 unspecified atom stereocenters. The average molecular weight is 405 g/mol. The summed E-state index contributed by atoms with van der Waals surface area (Å²) in [6, 6.07) is 4.62. The van der Waals surface area contributed by atoms with Crippen molar-refractivity contribution < 1.29 is 9.59 Å². The fourth-order valence-electron chi connectivity index (χ4n) is 3.61. The van der Waals surface area contributed by atoms with Crippen LogP contribution < -0.4 is 16.4 Å². The van der Waals surface area contributed by atoms with E-state index in [9.17, 15) is 9.59 Å². The lowest BCUT2D eigenvalue weighted by Crippen LogP contribution is -2.42. The third-order valence-electron chi connectivity index (χ3n) is 5.29. The summed E-state index contributed by atoms with van der Waals surface area (Å²) in [6.07, 6.45) is 6.54. The number of rotatable bonds is 4. The van der Waals surface area contributed by atoms with Crippen molar-refractivity contribution in [2.45, 2.75) is 25.8 Å². The van der Waals surface area contributed by atoms with Crippen molar-refractivity contribution in [1.82, 2.24) is 25.2 Å². The lowest BCUT2D eigenvalue weighted by molar-refractivity contribution is -0.128. The van der Waals surface area contributed by atoms with E-state index in [-0.39, 0.29) is 5.91 Å². The van der Waals surface area contributed by atoms with E-state index in [4.69, 9.17) is 5.73 Å². The van der Waals surface area contributed by atoms with Crippen LogP contribution in [0.4, 0.5) is 16.4 Å². The van der Waals surface area contributed by atoms with Crippen LogP contribution in [0.15, 0.2) is 36.8 Å². The largest absolute Gasteiger partial charge is 0.383 e. The third kappa shape index (κ3) is 3.73. The summed E-state index contributed by atoms with van der Waals surface area (Å²) in [6.45, 7) is 2.70. The van der Waals surface area contributed by atoms with Crippen LogP contribution in [0.2, 0.25) is 0 Å². The van der Waals surface area contributed by atoms with Crippen molar-refractivity contribution in [3.8, 4) is 11.3 Å². The number of nitrogens with zero attached hydrogens (tertiary/aromatic N) is 4. The number of likely N-dealkylation sites (N-methyl/N-ethyl adjacent to an activating group) is 1. The number of carbonyl (C=O) groups excluding carboxylic acids is 2. The van der Waals surface area contributed by atoms with Gasteiger partial charge < -0.3 is 16.0 Å². The van der Waals surface area contributed by atoms with Crippen molar-refractivity contribution in [3.05, 3.63) is 42.4 Å². The van der Waals surface area contributed by atoms with Gasteiger partial charge in [-0.1, -0.05) is 6.92 Å². The Bertz CT molecular complexity index is 1130. The van der Waals surface area contributed by atoms with Gasteiger partial charge in [0.25, 0.3) is 0 Å². The Kier molecular flexibility index (Phi) is 5.18. The maximum absolute atomic E-state index is 12.3. The van der Waals surface area contributed by atoms with Crippen LogP contribution in [0, 0.1) is 0 Å². The minimum absolute atomic E-state index is 0.0942. The number of nitrogen functional groups attached to an aromatic ring is 1. The summed E-state index contributed by atoms with van der Waals surface area (Å²) >= 11 is 0. The van der Waals surface area contributed by atoms with Gasteiger partial charge in [0.15, 0.2) is 0 Å². The van der Waals surface area contributed by atoms with Crippen molar-refractivity contribution >= 4 is 34.3 Å². The summed E-state index contributed by atoms with van der Waals surface area (Å²) in [5, 5.41) is 6.88. The molecule has 9 heteroatoms. The molecule has 4 N–H and O–H groups in total. The van der Waals surface area contributed by atoms with Crippen molar-refractivity contribution in [3.63, 3.8) is 0 Å². The molecule has 1 atom stereocenters. The number of nitrogens with two attached hydrogens (primary N) is 1. The van der Waals surface area contributed by atoms with Crippen molar-refractivity contribution in [2.24, 2.45) is 0 Å². The smallest absolute Gasteiger partial charge is 0.321 e. The van der Waals surface area contributed by atoms with Crippen molar-refractivity contribution in [2.75, 3.05) is 24.6 Å². The van der Waals surface area contributed by atoms with Crippen LogP contribution in [0.3, 0.4) is 0 Å². The minimum Gasteiger partial charge on any atom is -0.383 e. The van der Waals surface area contributed by atoms with Crippen LogP contribution in [0.1, 0.15) is 18.9 Å². The van der Waals surface area contributed by atoms with E-state index in [0.29, 0.717) is 35.7 Å². The van der Waals surface area contributed by atoms with Gasteiger partial charge in [-0.25, -0.2) is 14.8 Å². The highest BCUT2D eigenvalue weighted by molar-refractivity contribution is 5.98. The number of carbonyl (C=O) groups is 2. The molecule has 3 aromatic rings. The predicted molar refractivity (Wildman–Crippen MR) is 115 cm³/mol. The summed E-state index contributed by atoms with van der Waals surface area (Å²) < 4.78 is 0. The van der Waals surface area contributed by atoms with Gasteiger partial charge in [0, 0.05) is 43.1 Å². The summed E-state index contributed by atoms with van der Waals surface area (Å²) in [5.74, 6) is 0.622. The number of pyridine rings is 3. The Morgan fingerprint density at radius 2 is 2.17 bits per heavy atom. The molecule has 0 aliphatic carbocycles. The first-order chi connectivity index (χ1) is 14.5. The first-order valence-electron chi connectivity index (χ1n) is 9.78. The van der Waals surface area contributed by atoms with E-state index in [0.717, 1.165) is 22.9 Å². The van der Waals surface area contributed by atoms with Gasteiger partial charge in [0.2, 0.25) is 5.91 Å². The number of hydrogen-bond donors (Lipinski definition) is 3. The molecule has 3 amide bonds. The zero-order valence-electron chi connectivity index (χ0n) is 16.8. The Labute approximate surface area is 173 Å². The number of aromatic nitrogens is 3. The van der Waals surface area contributed by atoms with Gasteiger partial charge in [-0.2, -0.15) is 0 Å². The maximum Gasteiger partial charge on any atom is 0.321 e. The standard InChI is InChI=1S/C21H23N7O2/c1-3-12-4-6-23-10-14(12)17-8-13-9-18(24-11-15(13)19(22)25-17)27-21(30)26-16-5-7-28(2)20(16)29/h4,6,8-11,16H,3,5,7H2,1-2H3,(H2,22,25)(H2,24,26,27,30). The molecule has 4 heterocycles. The molecule has 0 bridgehead atoms. The Balaban J connectivity index is 1.60. The van der Waals surface area contributed by atoms with Gasteiger partial charge in [-0.05, 0) is 42.0 Å². The highest BCUT2D eigenvalue weighted by Gasteiger charge is 2.30. The Morgan fingerprint density at radius 1 is 1.33 bits per heavy atom. The van der Waals surface area contributed by atoms with Gasteiger partial charge >= 0.3 is 6.03 Å². The van der Waals surface area contributed by atoms with E-state index in [1.165, 1.54) is 0 Å². The number of fused-ring (bicyclic) bond motifs is 1. The first kappa shape index (κ1) is 19.6. The highest BCUT2D eigenvalue weighted by Crippen LogP contribution is 2.29. The van der Waals surface area contributed by atoms with E-state index < -0.39 is 12.1 Å². The topological polar surface area (TPSA) is 126 Å². The van der Waals surface area contributed by atoms with Crippen LogP contribution in [-0.2, 0) is 11.2 Å². The van der Waals surface area contributed by atoms with Crippen molar-refractivity contribution in [1.29, 1.82) is 0 Å². The summed E-state index contributed by atoms with van der Waals surface area (Å²) in [5.41, 5.74) is 8.91. The molecular weight excluding hydrogens is 382 g/mol. The monoisotopic (exact) mass is 405 g/mol. The van der Waals surface area contributed by atoms with Gasteiger partial charge in [-0.3, -0.25) is 15.1 Å². The van der Waals surface area contributed by atoms with E-state index in [1.807, 2.05) is 12.1 Å². The third-order valence-corrected chi connectivity index (χ3v) is 5.29. The number of aryl methyl sites for hydroxylation is 1. The number of urea groups is 1. The fraction of sp³-hybridized carbons (Fsp3) is 0.286. The van der Waals surface area contributed by atoms with E-state index in [2.05, 4.69) is 32.5 Å². The van der Waals surface area contributed by atoms with Gasteiger partial charge in [0.1, 0.15) is 17.7 Å². The number of nitrogens with one attached hydrogen (secondary N) is 2. The highest BCUT2D eigenvalue weighted by atomic mass is 16.2. The Morgan fingerprint density at radius 3 is 2.90 bits per heavy atom. The second kappa shape index (κ2) is 7.94. The molecule has 1 saturated heterocycles. The molecule has 0 aromatic carbocycles. The fourth-order valence-corrected chi connectivity index (χ4v) is 3.61. The molecule has 1 aliphatic rings. The lowest BCUT2D eigenvalue weighted by Gasteiger charge is -2.13. The van der Waals surface area contributed by atoms with Gasteiger partial charge in [0.05, 0.1) is 5.69 Å². The second-order valence-electron chi connectivity index (χ2n) is 7.27. The SMILES string of the molecule is CCc1ccncc1-c1cc2cc(NC(=O)NC3CCN(C)C3=O)ncc2c(N)n1. The van der Waals surface area contributed by atoms with Crippen LogP contribution in [-0.4, -0.2) is 51.4 Å². The second-order valence-corrected chi connectivity index (χ2v) is 7.27. The number of hydrogen-bond acceptors (Lipinski definition) is 6. The molecule has 4 rings (SSSR count). The molecule has 9 nitrogen and oxygen atoms in total. The van der Waals surface area contributed by atoms with Crippen LogP contribution in [0.25, 0.3) is 22.0 Å². The van der Waals surface area contributed by atoms with E-state index >= 15 is 0 Å². The Hall–Kier alpha value is -3.75. The normalized spacial score (nSPS) is 16.1. The quantitative estimate of drug-likeness (QED) is 0.611. The number of amides is 3. The molecule has 0 spiro atoms. The molecule has 0 saturated carbocycles.